The number of hydrogen-bond donors (Lipinski definition) is 1. The van der Waals surface area contributed by atoms with Crippen molar-refractivity contribution < 1.29 is 31.6 Å². The Morgan fingerprint density at radius 3 is 2.57 bits per heavy atom. The van der Waals surface area contributed by atoms with E-state index in [9.17, 15) is 27.2 Å². The van der Waals surface area contributed by atoms with Crippen molar-refractivity contribution in [3.63, 3.8) is 0 Å². The number of rotatable bonds is 3. The van der Waals surface area contributed by atoms with Crippen molar-refractivity contribution >= 4 is 11.8 Å². The molecule has 21 heavy (non-hydrogen) atoms. The van der Waals surface area contributed by atoms with Crippen molar-refractivity contribution in [1.82, 2.24) is 15.1 Å². The molecule has 7 nitrogen and oxygen atoms in total. The second-order valence-corrected chi connectivity index (χ2v) is 4.45. The van der Waals surface area contributed by atoms with Crippen LogP contribution in [-0.2, 0) is 22.2 Å². The summed E-state index contributed by atoms with van der Waals surface area (Å²) in [7, 11) is 0. The smallest absolute Gasteiger partial charge is 0.417 e. The van der Waals surface area contributed by atoms with Gasteiger partial charge in [0.25, 0.3) is 11.7 Å². The van der Waals surface area contributed by atoms with Crippen LogP contribution in [0.4, 0.5) is 17.6 Å². The van der Waals surface area contributed by atoms with Gasteiger partial charge < -0.3 is 15.1 Å². The number of nitrogens with two attached hydrogens (primary N) is 1. The van der Waals surface area contributed by atoms with Crippen LogP contribution in [0.5, 0.6) is 0 Å². The van der Waals surface area contributed by atoms with Crippen LogP contribution in [0.25, 0.3) is 0 Å². The summed E-state index contributed by atoms with van der Waals surface area (Å²) in [5, 5.41) is 5.80. The predicted molar refractivity (Wildman–Crippen MR) is 57.0 cm³/mol. The lowest BCUT2D eigenvalue weighted by Crippen LogP contribution is -2.53. The molecule has 2 rings (SSSR count). The highest BCUT2D eigenvalue weighted by Crippen LogP contribution is 2.32. The van der Waals surface area contributed by atoms with E-state index in [0.29, 0.717) is 4.90 Å². The zero-order valence-corrected chi connectivity index (χ0v) is 10.5. The van der Waals surface area contributed by atoms with Gasteiger partial charge in [-0.3, -0.25) is 9.59 Å². The lowest BCUT2D eigenvalue weighted by atomic mass is 10.1. The van der Waals surface area contributed by atoms with Gasteiger partial charge in [0.1, 0.15) is 6.42 Å². The van der Waals surface area contributed by atoms with Gasteiger partial charge in [-0.2, -0.15) is 13.2 Å². The number of halogens is 4. The zero-order valence-electron chi connectivity index (χ0n) is 10.5. The summed E-state index contributed by atoms with van der Waals surface area (Å²) in [5.41, 5.74) is 4.91. The molecule has 2 amide bonds. The fraction of sp³-hybridized carbons (Fsp3) is 0.600. The summed E-state index contributed by atoms with van der Waals surface area (Å²) in [6, 6.07) is 0. The molecule has 1 aliphatic heterocycles. The molecule has 0 radical (unpaired) electrons. The van der Waals surface area contributed by atoms with E-state index in [1.54, 1.807) is 0 Å². The van der Waals surface area contributed by atoms with Gasteiger partial charge in [0.15, 0.2) is 0 Å². The van der Waals surface area contributed by atoms with Crippen LogP contribution in [0.1, 0.15) is 24.6 Å². The van der Waals surface area contributed by atoms with E-state index in [-0.39, 0.29) is 19.4 Å². The highest BCUT2D eigenvalue weighted by molar-refractivity contribution is 5.90. The Balaban J connectivity index is 2.11. The number of nitrogens with zero attached hydrogens (tertiary/aromatic N) is 3. The lowest BCUT2D eigenvalue weighted by Gasteiger charge is -2.27. The largest absolute Gasteiger partial charge is 0.470 e. The Morgan fingerprint density at radius 2 is 2.05 bits per heavy atom. The third kappa shape index (κ3) is 2.81. The maximum absolute atomic E-state index is 14.2. The number of carbonyl (C=O) groups is 2. The molecule has 1 aromatic heterocycles. The van der Waals surface area contributed by atoms with Crippen molar-refractivity contribution in [1.29, 1.82) is 0 Å². The van der Waals surface area contributed by atoms with Crippen molar-refractivity contribution in [3.05, 3.63) is 11.8 Å². The Hall–Kier alpha value is -2.20. The Morgan fingerprint density at radius 1 is 1.38 bits per heavy atom. The summed E-state index contributed by atoms with van der Waals surface area (Å²) in [4.78, 5) is 23.5. The summed E-state index contributed by atoms with van der Waals surface area (Å²) >= 11 is 0. The van der Waals surface area contributed by atoms with E-state index in [1.807, 2.05) is 0 Å². The van der Waals surface area contributed by atoms with E-state index < -0.39 is 42.0 Å². The number of aromatic nitrogens is 2. The molecule has 116 valence electrons. The molecule has 2 N–H and O–H groups in total. The van der Waals surface area contributed by atoms with Crippen molar-refractivity contribution in [2.75, 3.05) is 6.54 Å². The normalized spacial score (nSPS) is 22.6. The maximum atomic E-state index is 14.2. The molecule has 1 saturated heterocycles. The van der Waals surface area contributed by atoms with Gasteiger partial charge in [0.2, 0.25) is 11.8 Å². The molecule has 11 heteroatoms. The molecule has 1 aromatic rings. The van der Waals surface area contributed by atoms with Crippen LogP contribution in [0, 0.1) is 0 Å². The standard InChI is InChI=1S/C10H10F4N4O3/c11-9(7(15)20)2-1-3-18(9)6(19)4-5-16-17-8(21-5)10(12,13)14/h1-4H2,(H2,15,20). The Kier molecular flexibility index (Phi) is 3.59. The van der Waals surface area contributed by atoms with Crippen LogP contribution in [0.15, 0.2) is 4.42 Å². The first kappa shape index (κ1) is 15.2. The first-order valence-corrected chi connectivity index (χ1v) is 5.83. The number of carbonyl (C=O) groups excluding carboxylic acids is 2. The molecular weight excluding hydrogens is 300 g/mol. The van der Waals surface area contributed by atoms with Crippen LogP contribution in [-0.4, -0.2) is 39.2 Å². The predicted octanol–water partition coefficient (Wildman–Crippen LogP) is 0.404. The minimum Gasteiger partial charge on any atom is -0.417 e. The summed E-state index contributed by atoms with van der Waals surface area (Å²) < 4.78 is 55.3. The molecule has 1 atom stereocenters. The molecule has 0 aliphatic carbocycles. The number of likely N-dealkylation sites (tertiary alicyclic amines) is 1. The van der Waals surface area contributed by atoms with Gasteiger partial charge >= 0.3 is 12.1 Å². The molecule has 2 heterocycles. The SMILES string of the molecule is NC(=O)C1(F)CCCN1C(=O)Cc1nnc(C(F)(F)F)o1. The van der Waals surface area contributed by atoms with E-state index in [0.717, 1.165) is 0 Å². The van der Waals surface area contributed by atoms with Gasteiger partial charge in [-0.25, -0.2) is 4.39 Å². The zero-order chi connectivity index (χ0) is 15.8. The fourth-order valence-corrected chi connectivity index (χ4v) is 2.03. The Bertz CT molecular complexity index is 573. The summed E-state index contributed by atoms with van der Waals surface area (Å²) in [6.07, 6.45) is -5.63. The highest BCUT2D eigenvalue weighted by atomic mass is 19.4. The van der Waals surface area contributed by atoms with Gasteiger partial charge in [0, 0.05) is 13.0 Å². The number of hydrogen-bond acceptors (Lipinski definition) is 5. The van der Waals surface area contributed by atoms with E-state index in [4.69, 9.17) is 5.73 Å². The van der Waals surface area contributed by atoms with Crippen LogP contribution >= 0.6 is 0 Å². The molecule has 1 unspecified atom stereocenters. The average molecular weight is 310 g/mol. The topological polar surface area (TPSA) is 102 Å². The van der Waals surface area contributed by atoms with Crippen molar-refractivity contribution in [2.45, 2.75) is 31.2 Å². The highest BCUT2D eigenvalue weighted by Gasteiger charge is 2.49. The number of alkyl halides is 4. The van der Waals surface area contributed by atoms with Crippen LogP contribution < -0.4 is 5.73 Å². The summed E-state index contributed by atoms with van der Waals surface area (Å²) in [6.45, 7) is -0.0709. The quantitative estimate of drug-likeness (QED) is 0.643. The van der Waals surface area contributed by atoms with E-state index in [1.165, 1.54) is 0 Å². The number of amides is 2. The first-order valence-electron chi connectivity index (χ1n) is 5.83. The van der Waals surface area contributed by atoms with Gasteiger partial charge in [0.05, 0.1) is 0 Å². The molecule has 0 aromatic carbocycles. The second kappa shape index (κ2) is 4.97. The molecule has 1 aliphatic rings. The first-order chi connectivity index (χ1) is 9.64. The minimum absolute atomic E-state index is 0.0709. The molecule has 0 saturated carbocycles. The van der Waals surface area contributed by atoms with E-state index in [2.05, 4.69) is 14.6 Å². The Labute approximate surface area is 115 Å². The number of primary amides is 1. The molecular formula is C10H10F4N4O3. The maximum Gasteiger partial charge on any atom is 0.470 e. The molecule has 0 spiro atoms. The molecule has 0 bridgehead atoms. The average Bonchev–Trinajstić information content (AvgIpc) is 2.95. The second-order valence-electron chi connectivity index (χ2n) is 4.45. The van der Waals surface area contributed by atoms with Gasteiger partial charge in [-0.05, 0) is 6.42 Å². The van der Waals surface area contributed by atoms with Crippen molar-refractivity contribution in [3.8, 4) is 0 Å². The van der Waals surface area contributed by atoms with E-state index >= 15 is 0 Å². The molecule has 1 fully saturated rings. The minimum atomic E-state index is -4.83. The summed E-state index contributed by atoms with van der Waals surface area (Å²) in [5.74, 6) is -7.13. The lowest BCUT2D eigenvalue weighted by molar-refractivity contribution is -0.158. The van der Waals surface area contributed by atoms with Crippen LogP contribution in [0.2, 0.25) is 0 Å². The van der Waals surface area contributed by atoms with Crippen LogP contribution in [0.3, 0.4) is 0 Å². The van der Waals surface area contributed by atoms with Gasteiger partial charge in [-0.15, -0.1) is 10.2 Å². The van der Waals surface area contributed by atoms with Crippen molar-refractivity contribution in [2.24, 2.45) is 5.73 Å². The monoisotopic (exact) mass is 310 g/mol. The van der Waals surface area contributed by atoms with Gasteiger partial charge in [-0.1, -0.05) is 0 Å². The third-order valence-corrected chi connectivity index (χ3v) is 3.01. The third-order valence-electron chi connectivity index (χ3n) is 3.01. The fourth-order valence-electron chi connectivity index (χ4n) is 2.03.